The van der Waals surface area contributed by atoms with Gasteiger partial charge in [0.1, 0.15) is 5.75 Å². The van der Waals surface area contributed by atoms with Crippen molar-refractivity contribution in [3.05, 3.63) is 31.8 Å². The zero-order valence-corrected chi connectivity index (χ0v) is 13.1. The third-order valence-corrected chi connectivity index (χ3v) is 3.06. The molecule has 1 N–H and O–H groups in total. The van der Waals surface area contributed by atoms with Crippen LogP contribution in [0.4, 0.5) is 0 Å². The molecule has 0 atom stereocenters. The Morgan fingerprint density at radius 1 is 1.53 bits per heavy atom. The molecule has 0 aliphatic heterocycles. The summed E-state index contributed by atoms with van der Waals surface area (Å²) < 4.78 is 7.52. The maximum Gasteiger partial charge on any atom is 0.328 e. The molecule has 0 radical (unpaired) electrons. The van der Waals surface area contributed by atoms with Crippen molar-refractivity contribution in [3.63, 3.8) is 0 Å². The van der Waals surface area contributed by atoms with E-state index in [1.54, 1.807) is 0 Å². The molecule has 0 fully saturated rings. The van der Waals surface area contributed by atoms with Crippen LogP contribution in [0.1, 0.15) is 19.4 Å². The summed E-state index contributed by atoms with van der Waals surface area (Å²) >= 11 is 5.54. The van der Waals surface area contributed by atoms with E-state index in [9.17, 15) is 4.79 Å². The van der Waals surface area contributed by atoms with Crippen LogP contribution in [-0.2, 0) is 4.79 Å². The fraction of sp³-hybridized carbons (Fsp3) is 0.250. The number of hydrogen-bond acceptors (Lipinski definition) is 2. The zero-order valence-electron chi connectivity index (χ0n) is 9.41. The predicted octanol–water partition coefficient (Wildman–Crippen LogP) is 3.94. The molecule has 5 heteroatoms. The summed E-state index contributed by atoms with van der Waals surface area (Å²) in [5.41, 5.74) is 0.750. The molecule has 0 amide bonds. The van der Waals surface area contributed by atoms with Crippen molar-refractivity contribution >= 4 is 50.6 Å². The van der Waals surface area contributed by atoms with E-state index < -0.39 is 5.97 Å². The molecule has 0 unspecified atom stereocenters. The number of carboxylic acids is 1. The molecular formula is C12H12BrIO3. The lowest BCUT2D eigenvalue weighted by atomic mass is 10.2. The van der Waals surface area contributed by atoms with Crippen LogP contribution in [-0.4, -0.2) is 17.2 Å². The highest BCUT2D eigenvalue weighted by molar-refractivity contribution is 14.1. The minimum absolute atomic E-state index is 0.0432. The molecule has 17 heavy (non-hydrogen) atoms. The Labute approximate surface area is 122 Å². The summed E-state index contributed by atoms with van der Waals surface area (Å²) in [5.74, 6) is -0.267. The molecule has 0 heterocycles. The van der Waals surface area contributed by atoms with E-state index in [-0.39, 0.29) is 6.10 Å². The number of ether oxygens (including phenoxy) is 1. The Kier molecular flexibility index (Phi) is 5.45. The molecule has 92 valence electrons. The van der Waals surface area contributed by atoms with Crippen molar-refractivity contribution in [2.45, 2.75) is 20.0 Å². The third-order valence-electron chi connectivity index (χ3n) is 1.80. The Balaban J connectivity index is 3.20. The lowest BCUT2D eigenvalue weighted by Gasteiger charge is -2.14. The van der Waals surface area contributed by atoms with Crippen LogP contribution in [0.5, 0.6) is 5.75 Å². The van der Waals surface area contributed by atoms with Crippen LogP contribution in [0.3, 0.4) is 0 Å². The summed E-state index contributed by atoms with van der Waals surface area (Å²) in [5, 5.41) is 8.64. The fourth-order valence-corrected chi connectivity index (χ4v) is 2.90. The van der Waals surface area contributed by atoms with Gasteiger partial charge in [-0.3, -0.25) is 0 Å². The second-order valence-corrected chi connectivity index (χ2v) is 5.72. The maximum absolute atomic E-state index is 10.5. The van der Waals surface area contributed by atoms with E-state index in [1.807, 2.05) is 26.0 Å². The number of aliphatic carboxylic acids is 1. The first-order valence-electron chi connectivity index (χ1n) is 4.97. The molecule has 0 aliphatic carbocycles. The SMILES string of the molecule is CC(C)Oc1c(I)cc(Br)cc1/C=C/C(=O)O. The number of halogens is 2. The molecule has 1 rings (SSSR count). The molecular weight excluding hydrogens is 399 g/mol. The van der Waals surface area contributed by atoms with Crippen molar-refractivity contribution < 1.29 is 14.6 Å². The Morgan fingerprint density at radius 2 is 2.18 bits per heavy atom. The van der Waals surface area contributed by atoms with Gasteiger partial charge >= 0.3 is 5.97 Å². The van der Waals surface area contributed by atoms with Crippen LogP contribution in [0.25, 0.3) is 6.08 Å². The van der Waals surface area contributed by atoms with Crippen LogP contribution in [0.2, 0.25) is 0 Å². The van der Waals surface area contributed by atoms with Crippen LogP contribution < -0.4 is 4.74 Å². The molecule has 0 spiro atoms. The first-order valence-corrected chi connectivity index (χ1v) is 6.84. The van der Waals surface area contributed by atoms with Crippen LogP contribution >= 0.6 is 38.5 Å². The molecule has 1 aromatic rings. The zero-order chi connectivity index (χ0) is 13.0. The Bertz CT molecular complexity index is 455. The van der Waals surface area contributed by atoms with E-state index in [0.717, 1.165) is 19.7 Å². The van der Waals surface area contributed by atoms with Gasteiger partial charge in [0.05, 0.1) is 9.67 Å². The summed E-state index contributed by atoms with van der Waals surface area (Å²) in [6, 6.07) is 3.76. The van der Waals surface area contributed by atoms with Crippen molar-refractivity contribution in [1.82, 2.24) is 0 Å². The normalized spacial score (nSPS) is 11.1. The van der Waals surface area contributed by atoms with Crippen molar-refractivity contribution in [3.8, 4) is 5.75 Å². The number of benzene rings is 1. The summed E-state index contributed by atoms with van der Waals surface area (Å²) in [6.45, 7) is 3.87. The second-order valence-electron chi connectivity index (χ2n) is 3.64. The van der Waals surface area contributed by atoms with Gasteiger partial charge in [-0.2, -0.15) is 0 Å². The predicted molar refractivity (Wildman–Crippen MR) is 79.3 cm³/mol. The molecule has 0 saturated carbocycles. The molecule has 0 saturated heterocycles. The quantitative estimate of drug-likeness (QED) is 0.604. The van der Waals surface area contributed by atoms with Gasteiger partial charge in [0, 0.05) is 16.1 Å². The third kappa shape index (κ3) is 4.67. The van der Waals surface area contributed by atoms with Crippen LogP contribution in [0, 0.1) is 3.57 Å². The van der Waals surface area contributed by atoms with E-state index in [2.05, 4.69) is 38.5 Å². The van der Waals surface area contributed by atoms with E-state index in [0.29, 0.717) is 5.75 Å². The van der Waals surface area contributed by atoms with Gasteiger partial charge in [-0.15, -0.1) is 0 Å². The summed E-state index contributed by atoms with van der Waals surface area (Å²) in [4.78, 5) is 10.5. The van der Waals surface area contributed by atoms with E-state index in [4.69, 9.17) is 9.84 Å². The topological polar surface area (TPSA) is 46.5 Å². The lowest BCUT2D eigenvalue weighted by molar-refractivity contribution is -0.131. The van der Waals surface area contributed by atoms with Crippen molar-refractivity contribution in [1.29, 1.82) is 0 Å². The van der Waals surface area contributed by atoms with E-state index >= 15 is 0 Å². The molecule has 3 nitrogen and oxygen atoms in total. The summed E-state index contributed by atoms with van der Waals surface area (Å²) in [7, 11) is 0. The average molecular weight is 411 g/mol. The molecule has 0 aliphatic rings. The first kappa shape index (κ1) is 14.5. The average Bonchev–Trinajstić information content (AvgIpc) is 2.18. The van der Waals surface area contributed by atoms with Gasteiger partial charge < -0.3 is 9.84 Å². The second kappa shape index (κ2) is 6.39. The molecule has 0 bridgehead atoms. The van der Waals surface area contributed by atoms with Gasteiger partial charge in [-0.25, -0.2) is 4.79 Å². The highest BCUT2D eigenvalue weighted by Crippen LogP contribution is 2.31. The minimum atomic E-state index is -0.976. The highest BCUT2D eigenvalue weighted by atomic mass is 127. The monoisotopic (exact) mass is 410 g/mol. The number of rotatable bonds is 4. The highest BCUT2D eigenvalue weighted by Gasteiger charge is 2.10. The lowest BCUT2D eigenvalue weighted by Crippen LogP contribution is -2.08. The summed E-state index contributed by atoms with van der Waals surface area (Å²) in [6.07, 6.45) is 2.68. The number of hydrogen-bond donors (Lipinski definition) is 1. The largest absolute Gasteiger partial charge is 0.489 e. The van der Waals surface area contributed by atoms with E-state index in [1.165, 1.54) is 6.08 Å². The van der Waals surface area contributed by atoms with Crippen LogP contribution in [0.15, 0.2) is 22.7 Å². The fourth-order valence-electron chi connectivity index (χ4n) is 1.23. The maximum atomic E-state index is 10.5. The first-order chi connectivity index (χ1) is 7.90. The number of carboxylic acid groups (broad SMARTS) is 1. The Hall–Kier alpha value is -0.560. The standard InChI is InChI=1S/C12H12BrIO3/c1-7(2)17-12-8(3-4-11(15)16)5-9(13)6-10(12)14/h3-7H,1-2H3,(H,15,16)/b4-3+. The smallest absolute Gasteiger partial charge is 0.328 e. The Morgan fingerprint density at radius 3 is 2.71 bits per heavy atom. The van der Waals surface area contributed by atoms with Gasteiger partial charge in [0.15, 0.2) is 0 Å². The van der Waals surface area contributed by atoms with Gasteiger partial charge in [0.25, 0.3) is 0 Å². The molecule has 0 aromatic heterocycles. The molecule has 1 aromatic carbocycles. The van der Waals surface area contributed by atoms with Gasteiger partial charge in [-0.05, 0) is 54.6 Å². The van der Waals surface area contributed by atoms with Gasteiger partial charge in [-0.1, -0.05) is 15.9 Å². The number of carbonyl (C=O) groups is 1. The van der Waals surface area contributed by atoms with Crippen molar-refractivity contribution in [2.75, 3.05) is 0 Å². The minimum Gasteiger partial charge on any atom is -0.489 e. The van der Waals surface area contributed by atoms with Crippen molar-refractivity contribution in [2.24, 2.45) is 0 Å². The van der Waals surface area contributed by atoms with Gasteiger partial charge in [0.2, 0.25) is 0 Å².